The van der Waals surface area contributed by atoms with E-state index < -0.39 is 0 Å². The number of pyridine rings is 1. The fourth-order valence-corrected chi connectivity index (χ4v) is 4.11. The van der Waals surface area contributed by atoms with Gasteiger partial charge in [0, 0.05) is 29.8 Å². The number of ether oxygens (including phenoxy) is 3. The third-order valence-corrected chi connectivity index (χ3v) is 5.84. The van der Waals surface area contributed by atoms with Gasteiger partial charge in [0.2, 0.25) is 0 Å². The summed E-state index contributed by atoms with van der Waals surface area (Å²) in [5.41, 5.74) is 3.38. The van der Waals surface area contributed by atoms with Crippen LogP contribution in [0.4, 0.5) is 0 Å². The van der Waals surface area contributed by atoms with Crippen molar-refractivity contribution in [1.82, 2.24) is 20.1 Å². The van der Waals surface area contributed by atoms with Crippen LogP contribution in [0.25, 0.3) is 22.3 Å². The molecule has 0 aliphatic rings. The highest BCUT2D eigenvalue weighted by Crippen LogP contribution is 2.35. The average Bonchev–Trinajstić information content (AvgIpc) is 3.43. The van der Waals surface area contributed by atoms with Gasteiger partial charge in [-0.1, -0.05) is 0 Å². The van der Waals surface area contributed by atoms with Crippen molar-refractivity contribution in [3.8, 4) is 28.5 Å². The molecule has 0 spiro atoms. The molecule has 0 aliphatic heterocycles. The Kier molecular flexibility index (Phi) is 6.68. The van der Waals surface area contributed by atoms with E-state index in [0.717, 1.165) is 22.6 Å². The number of hydrogen-bond donors (Lipinski definition) is 1. The minimum Gasteiger partial charge on any atom is -0.496 e. The molecule has 0 atom stereocenters. The molecule has 9 nitrogen and oxygen atoms in total. The van der Waals surface area contributed by atoms with Gasteiger partial charge in [-0.2, -0.15) is 5.10 Å². The number of hydrogen-bond acceptors (Lipinski definition) is 7. The van der Waals surface area contributed by atoms with Crippen molar-refractivity contribution in [3.05, 3.63) is 53.1 Å². The Labute approximate surface area is 204 Å². The van der Waals surface area contributed by atoms with Crippen LogP contribution in [0.5, 0.6) is 17.2 Å². The molecule has 35 heavy (non-hydrogen) atoms. The number of amides is 1. The zero-order chi connectivity index (χ0) is 25.3. The van der Waals surface area contributed by atoms with Crippen LogP contribution in [0, 0.1) is 13.8 Å². The van der Waals surface area contributed by atoms with Gasteiger partial charge < -0.3 is 23.9 Å². The first-order valence-electron chi connectivity index (χ1n) is 11.3. The van der Waals surface area contributed by atoms with E-state index in [1.807, 2.05) is 38.4 Å². The molecule has 0 unspecified atom stereocenters. The zero-order valence-corrected chi connectivity index (χ0v) is 21.1. The predicted octanol–water partition coefficient (Wildman–Crippen LogP) is 4.84. The van der Waals surface area contributed by atoms with Crippen LogP contribution in [-0.4, -0.2) is 42.0 Å². The molecule has 4 aromatic rings. The number of nitrogens with zero attached hydrogens (tertiary/aromatic N) is 3. The lowest BCUT2D eigenvalue weighted by atomic mass is 10.1. The molecule has 1 aromatic carbocycles. The molecule has 3 heterocycles. The summed E-state index contributed by atoms with van der Waals surface area (Å²) in [6.07, 6.45) is 1.69. The van der Waals surface area contributed by atoms with Gasteiger partial charge in [0.15, 0.2) is 17.1 Å². The molecule has 1 amide bonds. The quantitative estimate of drug-likeness (QED) is 0.386. The highest BCUT2D eigenvalue weighted by Gasteiger charge is 2.21. The first-order valence-corrected chi connectivity index (χ1v) is 11.3. The monoisotopic (exact) mass is 478 g/mol. The van der Waals surface area contributed by atoms with Crippen LogP contribution in [0.15, 0.2) is 34.9 Å². The zero-order valence-electron chi connectivity index (χ0n) is 21.1. The van der Waals surface area contributed by atoms with Gasteiger partial charge in [0.1, 0.15) is 17.3 Å². The summed E-state index contributed by atoms with van der Waals surface area (Å²) in [6, 6.07) is 7.32. The van der Waals surface area contributed by atoms with Crippen LogP contribution in [-0.2, 0) is 6.54 Å². The molecule has 3 aromatic heterocycles. The smallest absolute Gasteiger partial charge is 0.252 e. The lowest BCUT2D eigenvalue weighted by Crippen LogP contribution is -2.23. The second-order valence-corrected chi connectivity index (χ2v) is 8.50. The van der Waals surface area contributed by atoms with Crippen molar-refractivity contribution in [1.29, 1.82) is 0 Å². The van der Waals surface area contributed by atoms with Crippen molar-refractivity contribution >= 4 is 16.9 Å². The van der Waals surface area contributed by atoms with Gasteiger partial charge in [0.25, 0.3) is 5.91 Å². The molecule has 9 heteroatoms. The van der Waals surface area contributed by atoms with E-state index in [4.69, 9.17) is 23.6 Å². The maximum absolute atomic E-state index is 13.5. The van der Waals surface area contributed by atoms with E-state index in [0.29, 0.717) is 39.5 Å². The number of rotatable bonds is 8. The molecule has 0 fully saturated rings. The van der Waals surface area contributed by atoms with E-state index in [1.165, 1.54) is 0 Å². The molecular weight excluding hydrogens is 448 g/mol. The van der Waals surface area contributed by atoms with E-state index in [9.17, 15) is 4.79 Å². The summed E-state index contributed by atoms with van der Waals surface area (Å²) in [5, 5.41) is 8.17. The van der Waals surface area contributed by atoms with Gasteiger partial charge in [-0.3, -0.25) is 4.79 Å². The fourth-order valence-electron chi connectivity index (χ4n) is 4.11. The van der Waals surface area contributed by atoms with Gasteiger partial charge >= 0.3 is 0 Å². The number of aryl methyl sites for hydroxylation is 2. The van der Waals surface area contributed by atoms with Crippen molar-refractivity contribution in [2.45, 2.75) is 40.3 Å². The number of carbonyl (C=O) groups excluding carboxylic acids is 1. The maximum atomic E-state index is 13.5. The first-order chi connectivity index (χ1) is 16.8. The first kappa shape index (κ1) is 24.1. The Bertz CT molecular complexity index is 1390. The molecule has 184 valence electrons. The third-order valence-electron chi connectivity index (χ3n) is 5.84. The summed E-state index contributed by atoms with van der Waals surface area (Å²) in [4.78, 5) is 18.3. The Morgan fingerprint density at radius 2 is 1.71 bits per heavy atom. The normalized spacial score (nSPS) is 11.2. The van der Waals surface area contributed by atoms with Crippen LogP contribution < -0.4 is 19.5 Å². The maximum Gasteiger partial charge on any atom is 0.252 e. The Morgan fingerprint density at radius 3 is 2.31 bits per heavy atom. The summed E-state index contributed by atoms with van der Waals surface area (Å²) < 4.78 is 23.8. The van der Waals surface area contributed by atoms with Gasteiger partial charge in [-0.25, -0.2) is 9.67 Å². The minimum absolute atomic E-state index is 0.0781. The summed E-state index contributed by atoms with van der Waals surface area (Å²) in [7, 11) is 4.69. The lowest BCUT2D eigenvalue weighted by Gasteiger charge is -2.15. The molecule has 0 radical (unpaired) electrons. The topological polar surface area (TPSA) is 101 Å². The molecule has 0 saturated heterocycles. The number of nitrogens with one attached hydrogen (secondary N) is 1. The van der Waals surface area contributed by atoms with E-state index in [1.54, 1.807) is 45.7 Å². The number of furan rings is 1. The summed E-state index contributed by atoms with van der Waals surface area (Å²) in [5.74, 6) is 2.95. The number of carbonyl (C=O) groups is 1. The fraction of sp³-hybridized carbons (Fsp3) is 0.346. The number of benzene rings is 1. The highest BCUT2D eigenvalue weighted by molar-refractivity contribution is 6.06. The Hall–Kier alpha value is -4.01. The van der Waals surface area contributed by atoms with E-state index in [2.05, 4.69) is 10.4 Å². The molecule has 0 aliphatic carbocycles. The van der Waals surface area contributed by atoms with Crippen molar-refractivity contribution in [2.24, 2.45) is 0 Å². The van der Waals surface area contributed by atoms with Gasteiger partial charge in [-0.15, -0.1) is 0 Å². The van der Waals surface area contributed by atoms with Crippen LogP contribution in [0.2, 0.25) is 0 Å². The van der Waals surface area contributed by atoms with Crippen LogP contribution in [0.1, 0.15) is 47.3 Å². The standard InChI is InChI=1S/C26H30N4O5/c1-14(2)30-25-20(13-28-30)19(10-21(29-25)18-8-15(3)35-16(18)4)26(31)27-12-17-9-23(33-6)24(34-7)11-22(17)32-5/h8-11,13-14H,12H2,1-7H3,(H,27,31). The van der Waals surface area contributed by atoms with E-state index >= 15 is 0 Å². The SMILES string of the molecule is COc1cc(OC)c(OC)cc1CNC(=O)c1cc(-c2cc(C)oc2C)nc2c1cnn2C(C)C. The Morgan fingerprint density at radius 1 is 1.03 bits per heavy atom. The van der Waals surface area contributed by atoms with Crippen molar-refractivity contribution in [3.63, 3.8) is 0 Å². The summed E-state index contributed by atoms with van der Waals surface area (Å²) in [6.45, 7) is 8.05. The molecule has 4 rings (SSSR count). The molecule has 1 N–H and O–H groups in total. The van der Waals surface area contributed by atoms with Crippen molar-refractivity contribution in [2.75, 3.05) is 21.3 Å². The lowest BCUT2D eigenvalue weighted by molar-refractivity contribution is 0.0952. The largest absolute Gasteiger partial charge is 0.496 e. The molecular formula is C26H30N4O5. The number of methoxy groups -OCH3 is 3. The second kappa shape index (κ2) is 9.69. The molecule has 0 bridgehead atoms. The predicted molar refractivity (Wildman–Crippen MR) is 132 cm³/mol. The van der Waals surface area contributed by atoms with E-state index in [-0.39, 0.29) is 18.5 Å². The van der Waals surface area contributed by atoms with Gasteiger partial charge in [-0.05, 0) is 45.9 Å². The van der Waals surface area contributed by atoms with Crippen LogP contribution >= 0.6 is 0 Å². The average molecular weight is 479 g/mol. The minimum atomic E-state index is -0.253. The third kappa shape index (κ3) is 4.53. The highest BCUT2D eigenvalue weighted by atomic mass is 16.5. The second-order valence-electron chi connectivity index (χ2n) is 8.50. The summed E-state index contributed by atoms with van der Waals surface area (Å²) >= 11 is 0. The number of fused-ring (bicyclic) bond motifs is 1. The van der Waals surface area contributed by atoms with Crippen LogP contribution in [0.3, 0.4) is 0 Å². The van der Waals surface area contributed by atoms with Gasteiger partial charge in [0.05, 0.1) is 44.2 Å². The Balaban J connectivity index is 1.74. The molecule has 0 saturated carbocycles. The number of aromatic nitrogens is 3. The van der Waals surface area contributed by atoms with Crippen molar-refractivity contribution < 1.29 is 23.4 Å².